The van der Waals surface area contributed by atoms with E-state index in [9.17, 15) is 0 Å². The Morgan fingerprint density at radius 2 is 1.81 bits per heavy atom. The van der Waals surface area contributed by atoms with E-state index >= 15 is 0 Å². The fourth-order valence-corrected chi connectivity index (χ4v) is 2.86. The van der Waals surface area contributed by atoms with E-state index in [0.29, 0.717) is 29.8 Å². The van der Waals surface area contributed by atoms with Gasteiger partial charge >= 0.3 is 0 Å². The minimum atomic E-state index is 0.529. The molecule has 0 N–H and O–H groups in total. The number of methoxy groups -OCH3 is 2. The summed E-state index contributed by atoms with van der Waals surface area (Å²) in [6.07, 6.45) is 0. The largest absolute Gasteiger partial charge is 0.493 e. The standard InChI is InChI=1S/C20H23N3O3/c1-5-23(16-9-7-6-8-14(16)2)13-19-21-20(22-26-19)15-10-11-17(24-3)18(12-15)25-4/h6-12H,5,13H2,1-4H3. The summed E-state index contributed by atoms with van der Waals surface area (Å²) in [6.45, 7) is 5.61. The van der Waals surface area contributed by atoms with Crippen LogP contribution in [0.2, 0.25) is 0 Å². The molecule has 3 rings (SSSR count). The molecule has 0 bridgehead atoms. The van der Waals surface area contributed by atoms with E-state index in [4.69, 9.17) is 14.0 Å². The van der Waals surface area contributed by atoms with Crippen molar-refractivity contribution in [2.75, 3.05) is 25.7 Å². The van der Waals surface area contributed by atoms with Crippen molar-refractivity contribution in [2.45, 2.75) is 20.4 Å². The summed E-state index contributed by atoms with van der Waals surface area (Å²) < 4.78 is 16.1. The van der Waals surface area contributed by atoms with Crippen LogP contribution in [0.5, 0.6) is 11.5 Å². The zero-order valence-corrected chi connectivity index (χ0v) is 15.5. The Bertz CT molecular complexity index is 876. The molecule has 6 heteroatoms. The number of rotatable bonds is 7. The van der Waals surface area contributed by atoms with Crippen molar-refractivity contribution in [1.82, 2.24) is 10.1 Å². The fraction of sp³-hybridized carbons (Fsp3) is 0.300. The SMILES string of the molecule is CCN(Cc1nc(-c2ccc(OC)c(OC)c2)no1)c1ccccc1C. The predicted octanol–water partition coefficient (Wildman–Crippen LogP) is 4.09. The van der Waals surface area contributed by atoms with Gasteiger partial charge in [-0.1, -0.05) is 23.4 Å². The number of hydrogen-bond acceptors (Lipinski definition) is 6. The lowest BCUT2D eigenvalue weighted by atomic mass is 10.2. The van der Waals surface area contributed by atoms with Gasteiger partial charge in [-0.05, 0) is 43.7 Å². The fourth-order valence-electron chi connectivity index (χ4n) is 2.86. The zero-order chi connectivity index (χ0) is 18.5. The molecule has 0 saturated heterocycles. The third-order valence-electron chi connectivity index (χ3n) is 4.27. The molecule has 0 fully saturated rings. The number of hydrogen-bond donors (Lipinski definition) is 0. The monoisotopic (exact) mass is 353 g/mol. The van der Waals surface area contributed by atoms with Crippen molar-refractivity contribution in [3.05, 3.63) is 53.9 Å². The first-order chi connectivity index (χ1) is 12.7. The summed E-state index contributed by atoms with van der Waals surface area (Å²) in [6, 6.07) is 13.8. The Morgan fingerprint density at radius 3 is 2.50 bits per heavy atom. The van der Waals surface area contributed by atoms with Gasteiger partial charge in [0.25, 0.3) is 0 Å². The maximum atomic E-state index is 5.47. The second-order valence-electron chi connectivity index (χ2n) is 5.88. The van der Waals surface area contributed by atoms with Crippen molar-refractivity contribution in [3.63, 3.8) is 0 Å². The van der Waals surface area contributed by atoms with Gasteiger partial charge in [-0.2, -0.15) is 4.98 Å². The minimum Gasteiger partial charge on any atom is -0.493 e. The molecule has 0 aliphatic heterocycles. The molecule has 1 heterocycles. The quantitative estimate of drug-likeness (QED) is 0.638. The van der Waals surface area contributed by atoms with E-state index < -0.39 is 0 Å². The summed E-state index contributed by atoms with van der Waals surface area (Å²) in [7, 11) is 3.21. The van der Waals surface area contributed by atoms with Crippen molar-refractivity contribution in [2.24, 2.45) is 0 Å². The predicted molar refractivity (Wildman–Crippen MR) is 101 cm³/mol. The molecule has 0 spiro atoms. The molecule has 136 valence electrons. The molecular formula is C20H23N3O3. The van der Waals surface area contributed by atoms with Crippen molar-refractivity contribution < 1.29 is 14.0 Å². The van der Waals surface area contributed by atoms with Gasteiger partial charge in [-0.25, -0.2) is 0 Å². The number of aryl methyl sites for hydroxylation is 1. The van der Waals surface area contributed by atoms with Crippen molar-refractivity contribution in [3.8, 4) is 22.9 Å². The molecule has 26 heavy (non-hydrogen) atoms. The average molecular weight is 353 g/mol. The summed E-state index contributed by atoms with van der Waals surface area (Å²) in [5.74, 6) is 2.39. The van der Waals surface area contributed by atoms with E-state index in [2.05, 4.69) is 41.0 Å². The van der Waals surface area contributed by atoms with E-state index in [0.717, 1.165) is 12.1 Å². The zero-order valence-electron chi connectivity index (χ0n) is 15.5. The van der Waals surface area contributed by atoms with Gasteiger partial charge in [0.15, 0.2) is 11.5 Å². The van der Waals surface area contributed by atoms with Gasteiger partial charge in [0.1, 0.15) is 0 Å². The lowest BCUT2D eigenvalue weighted by Crippen LogP contribution is -2.23. The number of ether oxygens (including phenoxy) is 2. The first-order valence-electron chi connectivity index (χ1n) is 8.51. The topological polar surface area (TPSA) is 60.6 Å². The van der Waals surface area contributed by atoms with Crippen LogP contribution in [0, 0.1) is 6.92 Å². The van der Waals surface area contributed by atoms with Gasteiger partial charge in [0.2, 0.25) is 11.7 Å². The maximum absolute atomic E-state index is 5.47. The molecule has 0 unspecified atom stereocenters. The molecule has 0 saturated carbocycles. The van der Waals surface area contributed by atoms with Crippen LogP contribution >= 0.6 is 0 Å². The number of para-hydroxylation sites is 1. The van der Waals surface area contributed by atoms with Crippen LogP contribution < -0.4 is 14.4 Å². The lowest BCUT2D eigenvalue weighted by molar-refractivity contribution is 0.355. The molecule has 6 nitrogen and oxygen atoms in total. The highest BCUT2D eigenvalue weighted by molar-refractivity contribution is 5.60. The molecule has 0 atom stereocenters. The summed E-state index contributed by atoms with van der Waals surface area (Å²) in [5.41, 5.74) is 3.20. The summed E-state index contributed by atoms with van der Waals surface area (Å²) in [5, 5.41) is 4.11. The second-order valence-corrected chi connectivity index (χ2v) is 5.88. The minimum absolute atomic E-state index is 0.529. The van der Waals surface area contributed by atoms with E-state index in [1.807, 2.05) is 30.3 Å². The van der Waals surface area contributed by atoms with E-state index in [1.54, 1.807) is 14.2 Å². The van der Waals surface area contributed by atoms with Crippen LogP contribution in [0.25, 0.3) is 11.4 Å². The van der Waals surface area contributed by atoms with Gasteiger partial charge < -0.3 is 18.9 Å². The highest BCUT2D eigenvalue weighted by Gasteiger charge is 2.15. The first-order valence-corrected chi connectivity index (χ1v) is 8.51. The third-order valence-corrected chi connectivity index (χ3v) is 4.27. The molecule has 1 aromatic heterocycles. The molecule has 0 amide bonds. The van der Waals surface area contributed by atoms with Gasteiger partial charge in [-0.3, -0.25) is 0 Å². The van der Waals surface area contributed by atoms with Gasteiger partial charge in [0, 0.05) is 17.8 Å². The number of nitrogens with zero attached hydrogens (tertiary/aromatic N) is 3. The van der Waals surface area contributed by atoms with Crippen molar-refractivity contribution >= 4 is 5.69 Å². The molecule has 2 aromatic carbocycles. The lowest BCUT2D eigenvalue weighted by Gasteiger charge is -2.22. The molecule has 3 aromatic rings. The molecular weight excluding hydrogens is 330 g/mol. The maximum Gasteiger partial charge on any atom is 0.246 e. The van der Waals surface area contributed by atoms with E-state index in [-0.39, 0.29) is 0 Å². The highest BCUT2D eigenvalue weighted by Crippen LogP contribution is 2.31. The van der Waals surface area contributed by atoms with E-state index in [1.165, 1.54) is 11.3 Å². The third kappa shape index (κ3) is 3.64. The van der Waals surface area contributed by atoms with Crippen LogP contribution in [0.3, 0.4) is 0 Å². The van der Waals surface area contributed by atoms with Crippen LogP contribution in [0.1, 0.15) is 18.4 Å². The highest BCUT2D eigenvalue weighted by atomic mass is 16.5. The molecule has 0 aliphatic carbocycles. The van der Waals surface area contributed by atoms with Gasteiger partial charge in [0.05, 0.1) is 20.8 Å². The summed E-state index contributed by atoms with van der Waals surface area (Å²) >= 11 is 0. The van der Waals surface area contributed by atoms with Crippen LogP contribution in [0.4, 0.5) is 5.69 Å². The average Bonchev–Trinajstić information content (AvgIpc) is 3.14. The Kier molecular flexibility index (Phi) is 5.41. The molecule has 0 radical (unpaired) electrons. The Hall–Kier alpha value is -3.02. The Morgan fingerprint density at radius 1 is 1.04 bits per heavy atom. The van der Waals surface area contributed by atoms with Crippen LogP contribution in [-0.2, 0) is 6.54 Å². The second kappa shape index (κ2) is 7.91. The first kappa shape index (κ1) is 17.8. The normalized spacial score (nSPS) is 10.6. The number of benzene rings is 2. The van der Waals surface area contributed by atoms with Gasteiger partial charge in [-0.15, -0.1) is 0 Å². The summed E-state index contributed by atoms with van der Waals surface area (Å²) in [4.78, 5) is 6.75. The Labute approximate surface area is 153 Å². The van der Waals surface area contributed by atoms with Crippen LogP contribution in [-0.4, -0.2) is 30.9 Å². The Balaban J connectivity index is 1.82. The van der Waals surface area contributed by atoms with Crippen LogP contribution in [0.15, 0.2) is 47.0 Å². The number of anilines is 1. The molecule has 0 aliphatic rings. The smallest absolute Gasteiger partial charge is 0.246 e. The number of aromatic nitrogens is 2. The van der Waals surface area contributed by atoms with Crippen molar-refractivity contribution in [1.29, 1.82) is 0 Å².